The lowest BCUT2D eigenvalue weighted by molar-refractivity contribution is -0.162. The predicted molar refractivity (Wildman–Crippen MR) is 110 cm³/mol. The number of fused-ring (bicyclic) bond motifs is 3. The van der Waals surface area contributed by atoms with Gasteiger partial charge in [0.25, 0.3) is 0 Å². The zero-order chi connectivity index (χ0) is 20.2. The second-order valence-electron chi connectivity index (χ2n) is 8.56. The number of ether oxygens (including phenoxy) is 3. The van der Waals surface area contributed by atoms with Crippen LogP contribution in [0.15, 0.2) is 24.3 Å². The van der Waals surface area contributed by atoms with Crippen LogP contribution in [0.2, 0.25) is 0 Å². The predicted octanol–water partition coefficient (Wildman–Crippen LogP) is 3.84. The van der Waals surface area contributed by atoms with Crippen LogP contribution in [0.25, 0.3) is 0 Å². The molecule has 1 aliphatic carbocycles. The second-order valence-corrected chi connectivity index (χ2v) is 8.56. The van der Waals surface area contributed by atoms with Crippen molar-refractivity contribution in [3.63, 3.8) is 0 Å². The van der Waals surface area contributed by atoms with E-state index >= 15 is 0 Å². The van der Waals surface area contributed by atoms with Crippen molar-refractivity contribution in [2.75, 3.05) is 13.2 Å². The molecule has 1 aromatic carbocycles. The molecule has 0 amide bonds. The van der Waals surface area contributed by atoms with E-state index in [0.29, 0.717) is 6.42 Å². The first-order chi connectivity index (χ1) is 14.2. The number of carbonyl (C=O) groups is 1. The van der Waals surface area contributed by atoms with Gasteiger partial charge in [-0.2, -0.15) is 0 Å². The van der Waals surface area contributed by atoms with Gasteiger partial charge in [-0.05, 0) is 69.4 Å². The first kappa shape index (κ1) is 20.6. The van der Waals surface area contributed by atoms with Crippen molar-refractivity contribution in [1.29, 1.82) is 0 Å². The number of aryl methyl sites for hydroxylation is 2. The largest absolute Gasteiger partial charge is 0.486 e. The van der Waals surface area contributed by atoms with Crippen LogP contribution in [0, 0.1) is 12.8 Å². The van der Waals surface area contributed by atoms with E-state index in [4.69, 9.17) is 14.2 Å². The number of carbonyl (C=O) groups excluding carboxylic acids is 1. The molecular weight excluding hydrogens is 368 g/mol. The highest BCUT2D eigenvalue weighted by Gasteiger charge is 2.49. The maximum absolute atomic E-state index is 10.8. The summed E-state index contributed by atoms with van der Waals surface area (Å²) in [6.07, 6.45) is 10.5. The first-order valence-electron chi connectivity index (χ1n) is 11.0. The summed E-state index contributed by atoms with van der Waals surface area (Å²) in [5.41, 5.74) is 3.62. The fraction of sp³-hybridized carbons (Fsp3) is 0.625. The highest BCUT2D eigenvalue weighted by Crippen LogP contribution is 2.52. The number of benzene rings is 1. The smallest absolute Gasteiger partial charge is 0.157 e. The Bertz CT molecular complexity index is 737. The van der Waals surface area contributed by atoms with Gasteiger partial charge in [0.15, 0.2) is 6.29 Å². The van der Waals surface area contributed by atoms with Crippen molar-refractivity contribution in [3.05, 3.63) is 41.0 Å². The van der Waals surface area contributed by atoms with Crippen LogP contribution in [0.1, 0.15) is 61.1 Å². The summed E-state index contributed by atoms with van der Waals surface area (Å²) in [4.78, 5) is 10.8. The minimum absolute atomic E-state index is 0.0208. The van der Waals surface area contributed by atoms with Crippen molar-refractivity contribution in [2.45, 2.75) is 76.3 Å². The van der Waals surface area contributed by atoms with Gasteiger partial charge in [0.2, 0.25) is 0 Å². The lowest BCUT2D eigenvalue weighted by Crippen LogP contribution is -2.26. The molecular formula is C24H32O5. The Labute approximate surface area is 173 Å². The minimum Gasteiger partial charge on any atom is -0.486 e. The number of unbranched alkanes of at least 4 members (excludes halogenated alkanes) is 1. The Hall–Kier alpha value is -1.69. The SMILES string of the molecule is Cc1cc(CCCCOC2CCCCO2)c2c(c1)[C@H]1C(C=CC=O)CC(O)[C@H]1O2. The number of aliphatic hydroxyl groups is 1. The van der Waals surface area contributed by atoms with Crippen LogP contribution in [0.4, 0.5) is 0 Å². The van der Waals surface area contributed by atoms with Crippen molar-refractivity contribution in [2.24, 2.45) is 5.92 Å². The summed E-state index contributed by atoms with van der Waals surface area (Å²) in [6, 6.07) is 4.39. The van der Waals surface area contributed by atoms with E-state index in [1.165, 1.54) is 23.1 Å². The molecule has 1 saturated carbocycles. The van der Waals surface area contributed by atoms with E-state index in [2.05, 4.69) is 19.1 Å². The van der Waals surface area contributed by atoms with E-state index in [9.17, 15) is 9.90 Å². The molecule has 4 rings (SSSR count). The van der Waals surface area contributed by atoms with Gasteiger partial charge in [-0.25, -0.2) is 0 Å². The van der Waals surface area contributed by atoms with Crippen LogP contribution in [-0.2, 0) is 20.7 Å². The Morgan fingerprint density at radius 3 is 2.97 bits per heavy atom. The molecule has 0 aromatic heterocycles. The second kappa shape index (κ2) is 9.41. The molecule has 29 heavy (non-hydrogen) atoms. The number of aldehydes is 1. The molecule has 3 unspecified atom stereocenters. The maximum Gasteiger partial charge on any atom is 0.157 e. The third-order valence-electron chi connectivity index (χ3n) is 6.38. The van der Waals surface area contributed by atoms with Gasteiger partial charge in [0.1, 0.15) is 18.1 Å². The highest BCUT2D eigenvalue weighted by molar-refractivity contribution is 5.65. The highest BCUT2D eigenvalue weighted by atomic mass is 16.7. The molecule has 2 heterocycles. The van der Waals surface area contributed by atoms with Crippen LogP contribution in [0.5, 0.6) is 5.75 Å². The molecule has 2 aliphatic heterocycles. The van der Waals surface area contributed by atoms with E-state index in [1.54, 1.807) is 6.08 Å². The Morgan fingerprint density at radius 2 is 2.17 bits per heavy atom. The van der Waals surface area contributed by atoms with Crippen molar-refractivity contribution < 1.29 is 24.1 Å². The average Bonchev–Trinajstić information content (AvgIpc) is 3.25. The Kier molecular flexibility index (Phi) is 6.68. The molecule has 0 bridgehead atoms. The lowest BCUT2D eigenvalue weighted by atomic mass is 9.86. The van der Waals surface area contributed by atoms with Crippen LogP contribution < -0.4 is 4.74 Å². The van der Waals surface area contributed by atoms with Gasteiger partial charge < -0.3 is 19.3 Å². The van der Waals surface area contributed by atoms with Gasteiger partial charge in [-0.3, -0.25) is 4.79 Å². The Morgan fingerprint density at radius 1 is 1.28 bits per heavy atom. The van der Waals surface area contributed by atoms with Gasteiger partial charge in [-0.1, -0.05) is 23.8 Å². The molecule has 0 spiro atoms. The summed E-state index contributed by atoms with van der Waals surface area (Å²) < 4.78 is 17.7. The fourth-order valence-corrected chi connectivity index (χ4v) is 5.05. The molecule has 5 heteroatoms. The van der Waals surface area contributed by atoms with E-state index in [0.717, 1.165) is 57.4 Å². The number of hydrogen-bond acceptors (Lipinski definition) is 5. The van der Waals surface area contributed by atoms with Crippen molar-refractivity contribution in [3.8, 4) is 5.75 Å². The Balaban J connectivity index is 1.38. The standard InChI is InChI=1S/C24H32O5/c1-16-13-18(7-2-4-11-27-21-9-3-5-12-28-21)23-19(14-16)22-17(8-6-10-25)15-20(26)24(22)29-23/h6,8,10,13-14,17,20-22,24,26H,2-5,7,9,11-12,15H2,1H3/t17?,20?,21?,22-,24-/m1/s1. The lowest BCUT2D eigenvalue weighted by Gasteiger charge is -2.22. The monoisotopic (exact) mass is 400 g/mol. The molecule has 158 valence electrons. The topological polar surface area (TPSA) is 65.0 Å². The molecule has 1 aromatic rings. The molecule has 5 atom stereocenters. The van der Waals surface area contributed by atoms with Gasteiger partial charge in [-0.15, -0.1) is 0 Å². The van der Waals surface area contributed by atoms with Gasteiger partial charge in [0, 0.05) is 24.7 Å². The fourth-order valence-electron chi connectivity index (χ4n) is 5.05. The van der Waals surface area contributed by atoms with E-state index < -0.39 is 6.10 Å². The summed E-state index contributed by atoms with van der Waals surface area (Å²) in [7, 11) is 0. The number of hydrogen-bond donors (Lipinski definition) is 1. The van der Waals surface area contributed by atoms with Gasteiger partial charge in [0.05, 0.1) is 6.10 Å². The molecule has 3 aliphatic rings. The third kappa shape index (κ3) is 4.57. The normalized spacial score (nSPS) is 30.9. The summed E-state index contributed by atoms with van der Waals surface area (Å²) in [5, 5.41) is 10.5. The molecule has 5 nitrogen and oxygen atoms in total. The zero-order valence-corrected chi connectivity index (χ0v) is 17.2. The van der Waals surface area contributed by atoms with E-state index in [1.807, 2.05) is 6.08 Å². The minimum atomic E-state index is -0.495. The number of rotatable bonds is 8. The average molecular weight is 401 g/mol. The molecule has 0 radical (unpaired) electrons. The van der Waals surface area contributed by atoms with E-state index in [-0.39, 0.29) is 24.2 Å². The number of allylic oxidation sites excluding steroid dienone is 2. The zero-order valence-electron chi connectivity index (χ0n) is 17.2. The molecule has 1 saturated heterocycles. The van der Waals surface area contributed by atoms with Crippen LogP contribution in [0.3, 0.4) is 0 Å². The van der Waals surface area contributed by atoms with Crippen LogP contribution >= 0.6 is 0 Å². The summed E-state index contributed by atoms with van der Waals surface area (Å²) in [5.74, 6) is 1.21. The quantitative estimate of drug-likeness (QED) is 0.408. The van der Waals surface area contributed by atoms with Crippen molar-refractivity contribution in [1.82, 2.24) is 0 Å². The van der Waals surface area contributed by atoms with Gasteiger partial charge >= 0.3 is 0 Å². The maximum atomic E-state index is 10.8. The van der Waals surface area contributed by atoms with Crippen molar-refractivity contribution >= 4 is 6.29 Å². The molecule has 2 fully saturated rings. The third-order valence-corrected chi connectivity index (χ3v) is 6.38. The first-order valence-corrected chi connectivity index (χ1v) is 11.0. The number of aliphatic hydroxyl groups excluding tert-OH is 1. The summed E-state index contributed by atoms with van der Waals surface area (Å²) >= 11 is 0. The molecule has 1 N–H and O–H groups in total. The summed E-state index contributed by atoms with van der Waals surface area (Å²) in [6.45, 7) is 3.65. The van der Waals surface area contributed by atoms with Crippen LogP contribution in [-0.4, -0.2) is 43.1 Å².